The van der Waals surface area contributed by atoms with Crippen LogP contribution in [0.2, 0.25) is 0 Å². The highest BCUT2D eigenvalue weighted by molar-refractivity contribution is 5.79. The number of hydrogen-bond donors (Lipinski definition) is 2. The predicted octanol–water partition coefficient (Wildman–Crippen LogP) is -0.730. The highest BCUT2D eigenvalue weighted by Gasteiger charge is 1.91. The molecule has 5 nitrogen and oxygen atoms in total. The van der Waals surface area contributed by atoms with Crippen molar-refractivity contribution in [2.24, 2.45) is 16.7 Å². The number of amidine groups is 1. The lowest BCUT2D eigenvalue weighted by Crippen LogP contribution is -2.17. The number of nitrogens with two attached hydrogens (primary N) is 2. The molecule has 0 saturated heterocycles. The molecule has 4 N–H and O–H groups in total. The molecule has 0 rings (SSSR count). The van der Waals surface area contributed by atoms with Crippen LogP contribution in [0.5, 0.6) is 0 Å². The zero-order valence-electron chi connectivity index (χ0n) is 6.75. The molecule has 0 atom stereocenters. The summed E-state index contributed by atoms with van der Waals surface area (Å²) in [7, 11) is 1.62. The Morgan fingerprint density at radius 1 is 1.36 bits per heavy atom. The van der Waals surface area contributed by atoms with Crippen molar-refractivity contribution in [1.29, 1.82) is 0 Å². The summed E-state index contributed by atoms with van der Waals surface area (Å²) in [6.07, 6.45) is 0.570. The first-order chi connectivity index (χ1) is 5.31. The first-order valence-electron chi connectivity index (χ1n) is 3.40. The second-order valence-electron chi connectivity index (χ2n) is 1.98. The van der Waals surface area contributed by atoms with Gasteiger partial charge in [0.1, 0.15) is 5.84 Å². The Labute approximate surface area is 66.3 Å². The Balaban J connectivity index is 3.02. The summed E-state index contributed by atoms with van der Waals surface area (Å²) in [5.74, 6) is 5.30. The van der Waals surface area contributed by atoms with Crippen LogP contribution in [-0.2, 0) is 9.47 Å². The fourth-order valence-electron chi connectivity index (χ4n) is 0.486. The van der Waals surface area contributed by atoms with E-state index in [0.29, 0.717) is 32.1 Å². The van der Waals surface area contributed by atoms with Gasteiger partial charge in [-0.25, -0.2) is 0 Å². The van der Waals surface area contributed by atoms with Gasteiger partial charge in [-0.2, -0.15) is 5.10 Å². The average Bonchev–Trinajstić information content (AvgIpc) is 2.04. The van der Waals surface area contributed by atoms with E-state index < -0.39 is 0 Å². The second-order valence-corrected chi connectivity index (χ2v) is 1.98. The molecule has 0 aliphatic carbocycles. The van der Waals surface area contributed by atoms with Gasteiger partial charge in [0.05, 0.1) is 19.8 Å². The van der Waals surface area contributed by atoms with Crippen molar-refractivity contribution < 1.29 is 9.47 Å². The summed E-state index contributed by atoms with van der Waals surface area (Å²) in [4.78, 5) is 0. The first-order valence-corrected chi connectivity index (χ1v) is 3.40. The van der Waals surface area contributed by atoms with Crippen molar-refractivity contribution in [3.8, 4) is 0 Å². The Bertz CT molecular complexity index is 116. The molecular weight excluding hydrogens is 146 g/mol. The molecule has 0 amide bonds. The van der Waals surface area contributed by atoms with Gasteiger partial charge < -0.3 is 21.1 Å². The van der Waals surface area contributed by atoms with Crippen LogP contribution in [0.15, 0.2) is 5.10 Å². The van der Waals surface area contributed by atoms with Crippen LogP contribution in [0, 0.1) is 0 Å². The molecule has 0 heterocycles. The van der Waals surface area contributed by atoms with Gasteiger partial charge in [-0.05, 0) is 0 Å². The van der Waals surface area contributed by atoms with Crippen LogP contribution < -0.4 is 11.6 Å². The summed E-state index contributed by atoms with van der Waals surface area (Å²) in [6.45, 7) is 1.71. The van der Waals surface area contributed by atoms with Crippen molar-refractivity contribution >= 4 is 5.84 Å². The number of hydrazone groups is 1. The van der Waals surface area contributed by atoms with Gasteiger partial charge in [0.15, 0.2) is 0 Å². The van der Waals surface area contributed by atoms with Gasteiger partial charge in [0.25, 0.3) is 0 Å². The number of ether oxygens (including phenoxy) is 2. The third-order valence-corrected chi connectivity index (χ3v) is 1.10. The molecule has 0 spiro atoms. The lowest BCUT2D eigenvalue weighted by Gasteiger charge is -2.01. The zero-order valence-corrected chi connectivity index (χ0v) is 6.75. The summed E-state index contributed by atoms with van der Waals surface area (Å²) in [6, 6.07) is 0. The van der Waals surface area contributed by atoms with Gasteiger partial charge in [0.2, 0.25) is 0 Å². The van der Waals surface area contributed by atoms with Crippen LogP contribution in [0.25, 0.3) is 0 Å². The standard InChI is InChI=1S/C6H15N3O2/c1-10-4-5-11-3-2-6(7)9-8/h2-5,8H2,1H3,(H2,7,9). The van der Waals surface area contributed by atoms with E-state index in [4.69, 9.17) is 21.1 Å². The molecule has 0 fully saturated rings. The van der Waals surface area contributed by atoms with Crippen molar-refractivity contribution in [3.63, 3.8) is 0 Å². The molecule has 0 aromatic carbocycles. The number of nitrogens with zero attached hydrogens (tertiary/aromatic N) is 1. The van der Waals surface area contributed by atoms with Gasteiger partial charge in [-0.1, -0.05) is 0 Å². The Kier molecular flexibility index (Phi) is 6.76. The lowest BCUT2D eigenvalue weighted by molar-refractivity contribution is 0.0742. The molecule has 5 heteroatoms. The van der Waals surface area contributed by atoms with Crippen LogP contribution in [-0.4, -0.2) is 32.8 Å². The first kappa shape index (κ1) is 10.2. The molecule has 0 radical (unpaired) electrons. The Morgan fingerprint density at radius 3 is 2.64 bits per heavy atom. The second kappa shape index (κ2) is 7.30. The smallest absolute Gasteiger partial charge is 0.121 e. The van der Waals surface area contributed by atoms with Gasteiger partial charge in [0, 0.05) is 13.5 Å². The highest BCUT2D eigenvalue weighted by Crippen LogP contribution is 1.82. The molecule has 0 unspecified atom stereocenters. The highest BCUT2D eigenvalue weighted by atomic mass is 16.5. The molecule has 0 saturated carbocycles. The molecular formula is C6H15N3O2. The average molecular weight is 161 g/mol. The minimum Gasteiger partial charge on any atom is -0.386 e. The van der Waals surface area contributed by atoms with E-state index in [9.17, 15) is 0 Å². The van der Waals surface area contributed by atoms with E-state index in [1.807, 2.05) is 0 Å². The number of hydrogen-bond acceptors (Lipinski definition) is 4. The predicted molar refractivity (Wildman–Crippen MR) is 43.1 cm³/mol. The van der Waals surface area contributed by atoms with E-state index in [1.165, 1.54) is 0 Å². The largest absolute Gasteiger partial charge is 0.386 e. The Hall–Kier alpha value is -0.810. The van der Waals surface area contributed by atoms with Crippen LogP contribution in [0.1, 0.15) is 6.42 Å². The zero-order chi connectivity index (χ0) is 8.53. The van der Waals surface area contributed by atoms with Gasteiger partial charge in [-0.15, -0.1) is 0 Å². The van der Waals surface area contributed by atoms with E-state index in [0.717, 1.165) is 0 Å². The van der Waals surface area contributed by atoms with E-state index >= 15 is 0 Å². The van der Waals surface area contributed by atoms with Crippen LogP contribution in [0.3, 0.4) is 0 Å². The van der Waals surface area contributed by atoms with Crippen molar-refractivity contribution in [2.75, 3.05) is 26.9 Å². The van der Waals surface area contributed by atoms with E-state index in [1.54, 1.807) is 7.11 Å². The third-order valence-electron chi connectivity index (χ3n) is 1.10. The quantitative estimate of drug-likeness (QED) is 0.177. The molecule has 0 aromatic heterocycles. The maximum absolute atomic E-state index is 5.30. The molecule has 0 bridgehead atoms. The van der Waals surface area contributed by atoms with Gasteiger partial charge in [-0.3, -0.25) is 0 Å². The Morgan fingerprint density at radius 2 is 2.09 bits per heavy atom. The summed E-state index contributed by atoms with van der Waals surface area (Å²) in [5.41, 5.74) is 5.30. The van der Waals surface area contributed by atoms with Crippen LogP contribution >= 0.6 is 0 Å². The molecule has 11 heavy (non-hydrogen) atoms. The van der Waals surface area contributed by atoms with Gasteiger partial charge >= 0.3 is 0 Å². The number of methoxy groups -OCH3 is 1. The lowest BCUT2D eigenvalue weighted by atomic mass is 10.4. The maximum atomic E-state index is 5.30. The van der Waals surface area contributed by atoms with Crippen molar-refractivity contribution in [2.45, 2.75) is 6.42 Å². The summed E-state index contributed by atoms with van der Waals surface area (Å²) < 4.78 is 9.87. The summed E-state index contributed by atoms with van der Waals surface area (Å²) >= 11 is 0. The number of rotatable bonds is 6. The fourth-order valence-corrected chi connectivity index (χ4v) is 0.486. The minimum absolute atomic E-state index is 0.405. The SMILES string of the molecule is COCCOCCC(N)=NN. The van der Waals surface area contributed by atoms with E-state index in [2.05, 4.69) is 5.10 Å². The molecule has 0 aromatic rings. The van der Waals surface area contributed by atoms with E-state index in [-0.39, 0.29) is 0 Å². The van der Waals surface area contributed by atoms with Crippen molar-refractivity contribution in [3.05, 3.63) is 0 Å². The molecule has 0 aliphatic rings. The van der Waals surface area contributed by atoms with Crippen LogP contribution in [0.4, 0.5) is 0 Å². The molecule has 0 aliphatic heterocycles. The normalized spacial score (nSPS) is 11.9. The third kappa shape index (κ3) is 7.08. The minimum atomic E-state index is 0.405. The van der Waals surface area contributed by atoms with Crippen molar-refractivity contribution in [1.82, 2.24) is 0 Å². The summed E-state index contributed by atoms with van der Waals surface area (Å²) in [5, 5.41) is 3.29. The topological polar surface area (TPSA) is 82.9 Å². The maximum Gasteiger partial charge on any atom is 0.121 e. The fraction of sp³-hybridized carbons (Fsp3) is 0.833. The molecule has 66 valence electrons. The monoisotopic (exact) mass is 161 g/mol.